The zero-order valence-corrected chi connectivity index (χ0v) is 10.4. The van der Waals surface area contributed by atoms with Crippen LogP contribution in [0.5, 0.6) is 11.6 Å². The van der Waals surface area contributed by atoms with Crippen molar-refractivity contribution in [2.24, 2.45) is 10.9 Å². The largest absolute Gasteiger partial charge is 0.437 e. The first-order valence-electron chi connectivity index (χ1n) is 5.81. The molecular formula is C13H14N4O2. The molecule has 0 aliphatic heterocycles. The molecule has 0 spiro atoms. The highest BCUT2D eigenvalue weighted by Gasteiger charge is 2.11. The summed E-state index contributed by atoms with van der Waals surface area (Å²) < 4.78 is 5.59. The van der Waals surface area contributed by atoms with Crippen molar-refractivity contribution in [1.82, 2.24) is 10.2 Å². The van der Waals surface area contributed by atoms with Crippen molar-refractivity contribution in [3.8, 4) is 11.6 Å². The standard InChI is InChI=1S/C13H14N4O2/c1-2-9-3-5-10(6-4-9)19-13-11(12(14)17-18)7-8-15-16-13/h3-8,18H,2H2,1H3,(H2,14,17). The highest BCUT2D eigenvalue weighted by molar-refractivity contribution is 5.98. The van der Waals surface area contributed by atoms with E-state index in [2.05, 4.69) is 22.3 Å². The Morgan fingerprint density at radius 1 is 1.32 bits per heavy atom. The lowest BCUT2D eigenvalue weighted by atomic mass is 10.2. The third-order valence-electron chi connectivity index (χ3n) is 2.62. The molecule has 3 N–H and O–H groups in total. The van der Waals surface area contributed by atoms with Crippen molar-refractivity contribution in [2.75, 3.05) is 0 Å². The molecule has 1 heterocycles. The molecule has 0 fully saturated rings. The number of hydrogen-bond donors (Lipinski definition) is 2. The van der Waals surface area contributed by atoms with Gasteiger partial charge >= 0.3 is 0 Å². The van der Waals surface area contributed by atoms with E-state index in [1.165, 1.54) is 11.8 Å². The monoisotopic (exact) mass is 258 g/mol. The Morgan fingerprint density at radius 3 is 2.68 bits per heavy atom. The maximum atomic E-state index is 8.71. The first-order chi connectivity index (χ1) is 9.24. The van der Waals surface area contributed by atoms with Crippen molar-refractivity contribution in [1.29, 1.82) is 0 Å². The molecule has 0 atom stereocenters. The summed E-state index contributed by atoms with van der Waals surface area (Å²) in [5.74, 6) is 0.738. The van der Waals surface area contributed by atoms with E-state index in [-0.39, 0.29) is 11.7 Å². The molecule has 0 unspecified atom stereocenters. The van der Waals surface area contributed by atoms with Gasteiger partial charge < -0.3 is 15.7 Å². The minimum Gasteiger partial charge on any atom is -0.437 e. The molecule has 0 amide bonds. The van der Waals surface area contributed by atoms with Crippen molar-refractivity contribution in [3.05, 3.63) is 47.7 Å². The van der Waals surface area contributed by atoms with E-state index >= 15 is 0 Å². The number of oxime groups is 1. The number of aryl methyl sites for hydroxylation is 1. The van der Waals surface area contributed by atoms with Crippen LogP contribution in [0.3, 0.4) is 0 Å². The van der Waals surface area contributed by atoms with E-state index in [1.54, 1.807) is 6.07 Å². The first-order valence-corrected chi connectivity index (χ1v) is 5.81. The number of nitrogens with two attached hydrogens (primary N) is 1. The van der Waals surface area contributed by atoms with Gasteiger partial charge in [0, 0.05) is 0 Å². The zero-order chi connectivity index (χ0) is 13.7. The fraction of sp³-hybridized carbons (Fsp3) is 0.154. The summed E-state index contributed by atoms with van der Waals surface area (Å²) in [7, 11) is 0. The lowest BCUT2D eigenvalue weighted by Crippen LogP contribution is -2.15. The SMILES string of the molecule is CCc1ccc(Oc2nnccc2/C(N)=N/O)cc1. The second-order valence-electron chi connectivity index (χ2n) is 3.83. The van der Waals surface area contributed by atoms with Gasteiger partial charge in [-0.05, 0) is 30.2 Å². The molecule has 0 aliphatic rings. The number of nitrogens with zero attached hydrogens (tertiary/aromatic N) is 3. The van der Waals surface area contributed by atoms with Gasteiger partial charge in [0.1, 0.15) is 5.75 Å². The predicted molar refractivity (Wildman–Crippen MR) is 70.4 cm³/mol. The molecule has 0 radical (unpaired) electrons. The number of amidine groups is 1. The number of ether oxygens (including phenoxy) is 1. The third kappa shape index (κ3) is 2.98. The Bertz CT molecular complexity index is 581. The molecule has 0 bridgehead atoms. The van der Waals surface area contributed by atoms with Crippen LogP contribution in [0.2, 0.25) is 0 Å². The Hall–Kier alpha value is -2.63. The summed E-state index contributed by atoms with van der Waals surface area (Å²) in [6.07, 6.45) is 2.40. The average Bonchev–Trinajstić information content (AvgIpc) is 2.48. The zero-order valence-electron chi connectivity index (χ0n) is 10.4. The second-order valence-corrected chi connectivity index (χ2v) is 3.83. The lowest BCUT2D eigenvalue weighted by Gasteiger charge is -2.08. The Kier molecular flexibility index (Phi) is 3.92. The molecule has 2 rings (SSSR count). The lowest BCUT2D eigenvalue weighted by molar-refractivity contribution is 0.318. The molecule has 0 saturated carbocycles. The van der Waals surface area contributed by atoms with E-state index in [9.17, 15) is 0 Å². The van der Waals surface area contributed by atoms with Crippen molar-refractivity contribution < 1.29 is 9.94 Å². The predicted octanol–water partition coefficient (Wildman–Crippen LogP) is 1.93. The Labute approximate surface area is 110 Å². The molecule has 6 nitrogen and oxygen atoms in total. The summed E-state index contributed by atoms with van der Waals surface area (Å²) in [5, 5.41) is 19.2. The van der Waals surface area contributed by atoms with Crippen molar-refractivity contribution in [2.45, 2.75) is 13.3 Å². The molecular weight excluding hydrogens is 244 g/mol. The molecule has 98 valence electrons. The number of rotatable bonds is 4. The van der Waals surface area contributed by atoms with Gasteiger partial charge in [-0.3, -0.25) is 0 Å². The molecule has 0 saturated heterocycles. The van der Waals surface area contributed by atoms with Crippen molar-refractivity contribution in [3.63, 3.8) is 0 Å². The van der Waals surface area contributed by atoms with Gasteiger partial charge in [-0.2, -0.15) is 5.10 Å². The van der Waals surface area contributed by atoms with Crippen LogP contribution in [-0.2, 0) is 6.42 Å². The minimum atomic E-state index is -0.0740. The van der Waals surface area contributed by atoms with Crippen LogP contribution in [-0.4, -0.2) is 21.2 Å². The quantitative estimate of drug-likeness (QED) is 0.378. The Balaban J connectivity index is 2.27. The van der Waals surface area contributed by atoms with E-state index in [4.69, 9.17) is 15.7 Å². The van der Waals surface area contributed by atoms with Crippen LogP contribution in [0, 0.1) is 0 Å². The van der Waals surface area contributed by atoms with Crippen LogP contribution in [0.1, 0.15) is 18.1 Å². The Morgan fingerprint density at radius 2 is 2.05 bits per heavy atom. The van der Waals surface area contributed by atoms with E-state index < -0.39 is 0 Å². The van der Waals surface area contributed by atoms with Gasteiger partial charge in [0.2, 0.25) is 5.88 Å². The van der Waals surface area contributed by atoms with E-state index in [1.807, 2.05) is 24.3 Å². The summed E-state index contributed by atoms with van der Waals surface area (Å²) in [5.41, 5.74) is 7.14. The van der Waals surface area contributed by atoms with E-state index in [0.717, 1.165) is 6.42 Å². The fourth-order valence-corrected chi connectivity index (χ4v) is 1.55. The molecule has 19 heavy (non-hydrogen) atoms. The second kappa shape index (κ2) is 5.81. The minimum absolute atomic E-state index is 0.0740. The maximum absolute atomic E-state index is 8.71. The van der Waals surface area contributed by atoms with Crippen LogP contribution in [0.4, 0.5) is 0 Å². The third-order valence-corrected chi connectivity index (χ3v) is 2.62. The molecule has 1 aromatic carbocycles. The normalized spacial score (nSPS) is 11.3. The highest BCUT2D eigenvalue weighted by Crippen LogP contribution is 2.22. The number of aromatic nitrogens is 2. The smallest absolute Gasteiger partial charge is 0.250 e. The summed E-state index contributed by atoms with van der Waals surface area (Å²) in [6, 6.07) is 9.18. The fourth-order valence-electron chi connectivity index (χ4n) is 1.55. The summed E-state index contributed by atoms with van der Waals surface area (Å²) >= 11 is 0. The van der Waals surface area contributed by atoms with Crippen LogP contribution in [0.25, 0.3) is 0 Å². The average molecular weight is 258 g/mol. The summed E-state index contributed by atoms with van der Waals surface area (Å²) in [4.78, 5) is 0. The first kappa shape index (κ1) is 12.8. The van der Waals surface area contributed by atoms with Gasteiger partial charge in [-0.25, -0.2) is 0 Å². The van der Waals surface area contributed by atoms with Gasteiger partial charge in [0.05, 0.1) is 11.8 Å². The van der Waals surface area contributed by atoms with Crippen LogP contribution in [0.15, 0.2) is 41.7 Å². The van der Waals surface area contributed by atoms with Crippen molar-refractivity contribution >= 4 is 5.84 Å². The molecule has 6 heteroatoms. The molecule has 0 aliphatic carbocycles. The molecule has 2 aromatic rings. The van der Waals surface area contributed by atoms with Gasteiger partial charge in [0.25, 0.3) is 0 Å². The number of benzene rings is 1. The topological polar surface area (TPSA) is 93.6 Å². The van der Waals surface area contributed by atoms with Gasteiger partial charge in [-0.1, -0.05) is 24.2 Å². The van der Waals surface area contributed by atoms with Gasteiger partial charge in [-0.15, -0.1) is 5.10 Å². The van der Waals surface area contributed by atoms with Crippen LogP contribution < -0.4 is 10.5 Å². The van der Waals surface area contributed by atoms with Gasteiger partial charge in [0.15, 0.2) is 5.84 Å². The highest BCUT2D eigenvalue weighted by atomic mass is 16.5. The maximum Gasteiger partial charge on any atom is 0.250 e. The van der Waals surface area contributed by atoms with Crippen LogP contribution >= 0.6 is 0 Å². The number of hydrogen-bond acceptors (Lipinski definition) is 5. The molecule has 1 aromatic heterocycles. The summed E-state index contributed by atoms with van der Waals surface area (Å²) in [6.45, 7) is 2.08. The van der Waals surface area contributed by atoms with E-state index in [0.29, 0.717) is 11.3 Å².